The van der Waals surface area contributed by atoms with Crippen molar-refractivity contribution in [3.8, 4) is 0 Å². The lowest BCUT2D eigenvalue weighted by Gasteiger charge is -2.40. The Bertz CT molecular complexity index is 709. The van der Waals surface area contributed by atoms with Crippen LogP contribution in [-0.2, 0) is 28.6 Å². The number of carbonyl (C=O) groups is 3. The van der Waals surface area contributed by atoms with E-state index in [1.807, 2.05) is 30.3 Å². The Hall–Kier alpha value is -2.29. The second-order valence-corrected chi connectivity index (χ2v) is 6.74. The number of likely N-dealkylation sites (N-methyl/N-ethyl adjacent to an activating group) is 1. The summed E-state index contributed by atoms with van der Waals surface area (Å²) in [4.78, 5) is 41.5. The Balaban J connectivity index is 1.94. The lowest BCUT2D eigenvalue weighted by molar-refractivity contribution is -0.165. The van der Waals surface area contributed by atoms with E-state index in [2.05, 4.69) is 0 Å². The van der Waals surface area contributed by atoms with Crippen LogP contribution in [0.25, 0.3) is 0 Å². The van der Waals surface area contributed by atoms with Gasteiger partial charge in [0.05, 0.1) is 31.7 Å². The number of carbonyl (C=O) groups excluding carboxylic acids is 3. The summed E-state index contributed by atoms with van der Waals surface area (Å²) in [6.45, 7) is 0.165. The van der Waals surface area contributed by atoms with Gasteiger partial charge in [-0.05, 0) is 19.0 Å². The van der Waals surface area contributed by atoms with Gasteiger partial charge < -0.3 is 14.2 Å². The molecule has 2 bridgehead atoms. The maximum atomic E-state index is 13.3. The number of hydrogen-bond donors (Lipinski definition) is 0. The fraction of sp³-hybridized carbons (Fsp3) is 0.526. The highest BCUT2D eigenvalue weighted by Crippen LogP contribution is 2.39. The number of piperazine rings is 1. The minimum absolute atomic E-state index is 0.0527. The molecule has 8 nitrogen and oxygen atoms in total. The van der Waals surface area contributed by atoms with Crippen molar-refractivity contribution in [1.82, 2.24) is 9.80 Å². The maximum absolute atomic E-state index is 13.3. The van der Waals surface area contributed by atoms with Crippen molar-refractivity contribution in [2.75, 3.05) is 34.7 Å². The lowest BCUT2D eigenvalue weighted by Crippen LogP contribution is -2.61. The molecule has 27 heavy (non-hydrogen) atoms. The largest absolute Gasteiger partial charge is 0.469 e. The van der Waals surface area contributed by atoms with Crippen molar-refractivity contribution in [3.63, 3.8) is 0 Å². The van der Waals surface area contributed by atoms with E-state index in [-0.39, 0.29) is 25.7 Å². The SMILES string of the molecule is COCOC[C@@H](c1ccccc1)N1C(=O)C2CC(C(=O)OC)C(C1=O)N2C. The fourth-order valence-corrected chi connectivity index (χ4v) is 3.97. The molecule has 0 saturated carbocycles. The van der Waals surface area contributed by atoms with Crippen LogP contribution in [0.2, 0.25) is 0 Å². The molecule has 0 aromatic heterocycles. The number of hydrogen-bond acceptors (Lipinski definition) is 7. The highest BCUT2D eigenvalue weighted by molar-refractivity contribution is 6.06. The molecule has 1 aromatic rings. The average Bonchev–Trinajstić information content (AvgIpc) is 2.98. The van der Waals surface area contributed by atoms with Crippen LogP contribution in [0, 0.1) is 5.92 Å². The second kappa shape index (κ2) is 8.16. The first-order chi connectivity index (χ1) is 13.0. The van der Waals surface area contributed by atoms with Crippen LogP contribution < -0.4 is 0 Å². The number of methoxy groups -OCH3 is 2. The van der Waals surface area contributed by atoms with Crippen molar-refractivity contribution in [2.45, 2.75) is 24.5 Å². The highest BCUT2D eigenvalue weighted by Gasteiger charge is 2.58. The molecule has 3 unspecified atom stereocenters. The lowest BCUT2D eigenvalue weighted by atomic mass is 9.99. The summed E-state index contributed by atoms with van der Waals surface area (Å²) in [7, 11) is 4.50. The van der Waals surface area contributed by atoms with E-state index < -0.39 is 35.9 Å². The smallest absolute Gasteiger partial charge is 0.310 e. The maximum Gasteiger partial charge on any atom is 0.310 e. The molecule has 0 N–H and O–H groups in total. The van der Waals surface area contributed by atoms with Crippen molar-refractivity contribution >= 4 is 17.8 Å². The number of benzene rings is 1. The quantitative estimate of drug-likeness (QED) is 0.298. The monoisotopic (exact) mass is 376 g/mol. The summed E-state index contributed by atoms with van der Waals surface area (Å²) in [5.41, 5.74) is 0.786. The number of fused-ring (bicyclic) bond motifs is 2. The summed E-state index contributed by atoms with van der Waals surface area (Å²) in [6, 6.07) is 7.40. The van der Waals surface area contributed by atoms with E-state index in [9.17, 15) is 14.4 Å². The minimum atomic E-state index is -0.714. The number of rotatable bonds is 7. The Labute approximate surface area is 158 Å². The summed E-state index contributed by atoms with van der Waals surface area (Å²) in [5.74, 6) is -1.84. The van der Waals surface area contributed by atoms with Crippen molar-refractivity contribution < 1.29 is 28.6 Å². The third-order valence-electron chi connectivity index (χ3n) is 5.28. The van der Waals surface area contributed by atoms with Crippen molar-refractivity contribution in [2.24, 2.45) is 5.92 Å². The number of likely N-dealkylation sites (tertiary alicyclic amines) is 1. The topological polar surface area (TPSA) is 85.4 Å². The predicted octanol–water partition coefficient (Wildman–Crippen LogP) is 0.579. The molecule has 0 aliphatic carbocycles. The van der Waals surface area contributed by atoms with Gasteiger partial charge in [-0.3, -0.25) is 24.2 Å². The molecule has 0 spiro atoms. The van der Waals surface area contributed by atoms with Gasteiger partial charge in [-0.1, -0.05) is 30.3 Å². The molecule has 1 aromatic carbocycles. The molecule has 3 rings (SSSR count). The number of imide groups is 1. The molecular weight excluding hydrogens is 352 g/mol. The molecule has 0 radical (unpaired) electrons. The van der Waals surface area contributed by atoms with Crippen LogP contribution in [0.3, 0.4) is 0 Å². The normalized spacial score (nSPS) is 26.3. The molecule has 2 aliphatic heterocycles. The molecule has 4 atom stereocenters. The molecule has 146 valence electrons. The molecule has 2 amide bonds. The van der Waals surface area contributed by atoms with E-state index in [0.29, 0.717) is 0 Å². The van der Waals surface area contributed by atoms with Crippen LogP contribution in [-0.4, -0.2) is 74.3 Å². The number of esters is 1. The van der Waals surface area contributed by atoms with E-state index >= 15 is 0 Å². The molecule has 8 heteroatoms. The number of nitrogens with zero attached hydrogens (tertiary/aromatic N) is 2. The van der Waals surface area contributed by atoms with Gasteiger partial charge in [-0.25, -0.2) is 0 Å². The minimum Gasteiger partial charge on any atom is -0.469 e. The van der Waals surface area contributed by atoms with Crippen LogP contribution in [0.4, 0.5) is 0 Å². The van der Waals surface area contributed by atoms with Gasteiger partial charge in [0.2, 0.25) is 11.8 Å². The average molecular weight is 376 g/mol. The second-order valence-electron chi connectivity index (χ2n) is 6.74. The summed E-state index contributed by atoms with van der Waals surface area (Å²) in [5, 5.41) is 0. The molecule has 2 saturated heterocycles. The molecule has 2 heterocycles. The third-order valence-corrected chi connectivity index (χ3v) is 5.28. The zero-order chi connectivity index (χ0) is 19.6. The molecule has 2 fully saturated rings. The van der Waals surface area contributed by atoms with Crippen LogP contribution in [0.15, 0.2) is 30.3 Å². The Morgan fingerprint density at radius 1 is 1.19 bits per heavy atom. The highest BCUT2D eigenvalue weighted by atomic mass is 16.7. The van der Waals surface area contributed by atoms with Gasteiger partial charge in [0.1, 0.15) is 12.8 Å². The van der Waals surface area contributed by atoms with E-state index in [1.165, 1.54) is 19.1 Å². The van der Waals surface area contributed by atoms with Gasteiger partial charge in [-0.15, -0.1) is 0 Å². The van der Waals surface area contributed by atoms with Gasteiger partial charge >= 0.3 is 5.97 Å². The van der Waals surface area contributed by atoms with Crippen LogP contribution in [0.1, 0.15) is 18.0 Å². The third kappa shape index (κ3) is 3.47. The molecule has 2 aliphatic rings. The Morgan fingerprint density at radius 3 is 2.52 bits per heavy atom. The standard InChI is InChI=1S/C19H24N2O6/c1-20-14-9-13(19(24)26-3)16(20)18(23)21(17(14)22)15(10-27-11-25-2)12-7-5-4-6-8-12/h4-8,13-16H,9-11H2,1-3H3/t13?,14?,15-,16?/m0/s1. The van der Waals surface area contributed by atoms with Gasteiger partial charge in [0, 0.05) is 7.11 Å². The zero-order valence-electron chi connectivity index (χ0n) is 15.7. The first-order valence-electron chi connectivity index (χ1n) is 8.79. The van der Waals surface area contributed by atoms with Crippen LogP contribution >= 0.6 is 0 Å². The Kier molecular flexibility index (Phi) is 5.88. The zero-order valence-corrected chi connectivity index (χ0v) is 15.7. The van der Waals surface area contributed by atoms with Crippen LogP contribution in [0.5, 0.6) is 0 Å². The van der Waals surface area contributed by atoms with Crippen molar-refractivity contribution in [3.05, 3.63) is 35.9 Å². The first-order valence-corrected chi connectivity index (χ1v) is 8.79. The first kappa shape index (κ1) is 19.5. The summed E-state index contributed by atoms with van der Waals surface area (Å²) < 4.78 is 15.3. The van der Waals surface area contributed by atoms with E-state index in [1.54, 1.807) is 11.9 Å². The number of amides is 2. The number of ether oxygens (including phenoxy) is 3. The summed E-state index contributed by atoms with van der Waals surface area (Å²) >= 11 is 0. The summed E-state index contributed by atoms with van der Waals surface area (Å²) in [6.07, 6.45) is 0.273. The predicted molar refractivity (Wildman–Crippen MR) is 94.3 cm³/mol. The van der Waals surface area contributed by atoms with E-state index in [0.717, 1.165) is 5.56 Å². The molecular formula is C19H24N2O6. The van der Waals surface area contributed by atoms with Gasteiger partial charge in [0.15, 0.2) is 0 Å². The van der Waals surface area contributed by atoms with Gasteiger partial charge in [0.25, 0.3) is 0 Å². The fourth-order valence-electron chi connectivity index (χ4n) is 3.97. The Morgan fingerprint density at radius 2 is 1.89 bits per heavy atom. The van der Waals surface area contributed by atoms with Crippen molar-refractivity contribution in [1.29, 1.82) is 0 Å². The van der Waals surface area contributed by atoms with E-state index in [4.69, 9.17) is 14.2 Å². The van der Waals surface area contributed by atoms with Gasteiger partial charge in [-0.2, -0.15) is 0 Å².